The maximum atomic E-state index is 10.9. The molecule has 0 rings (SSSR count). The molecule has 0 heterocycles. The van der Waals surface area contributed by atoms with Crippen molar-refractivity contribution in [2.75, 3.05) is 19.4 Å². The Balaban J connectivity index is 3.85. The van der Waals surface area contributed by atoms with Gasteiger partial charge < -0.3 is 4.74 Å². The van der Waals surface area contributed by atoms with Crippen molar-refractivity contribution in [2.45, 2.75) is 13.8 Å². The number of amides is 1. The maximum Gasteiger partial charge on any atom is 0.413 e. The first-order valence-corrected chi connectivity index (χ1v) is 4.99. The number of hydrogen-bond acceptors (Lipinski definition) is 4. The molecule has 4 nitrogen and oxygen atoms in total. The fourth-order valence-electron chi connectivity index (χ4n) is 0.553. The molecule has 0 aliphatic heterocycles. The van der Waals surface area contributed by atoms with Gasteiger partial charge in [0.2, 0.25) is 0 Å². The van der Waals surface area contributed by atoms with Crippen LogP contribution in [0.3, 0.4) is 0 Å². The second-order valence-corrected chi connectivity index (χ2v) is 2.62. The highest BCUT2D eigenvalue weighted by Gasteiger charge is 2.03. The van der Waals surface area contributed by atoms with Crippen LogP contribution in [0.5, 0.6) is 0 Å². The Labute approximate surface area is 76.8 Å². The highest BCUT2D eigenvalue weighted by Crippen LogP contribution is 1.95. The van der Waals surface area contributed by atoms with E-state index in [2.05, 4.69) is 15.0 Å². The molecule has 1 N–H and O–H groups in total. The summed E-state index contributed by atoms with van der Waals surface area (Å²) in [4.78, 5) is 14.9. The Kier molecular flexibility index (Phi) is 6.55. The topological polar surface area (TPSA) is 50.7 Å². The third-order valence-electron chi connectivity index (χ3n) is 0.979. The van der Waals surface area contributed by atoms with Crippen molar-refractivity contribution in [1.82, 2.24) is 5.32 Å². The lowest BCUT2D eigenvalue weighted by molar-refractivity contribution is 0.158. The van der Waals surface area contributed by atoms with Crippen LogP contribution in [0.1, 0.15) is 13.8 Å². The van der Waals surface area contributed by atoms with Gasteiger partial charge in [0.15, 0.2) is 5.17 Å². The number of hydrogen-bond donors (Lipinski definition) is 1. The summed E-state index contributed by atoms with van der Waals surface area (Å²) in [5.41, 5.74) is 0. The number of carbonyl (C=O) groups is 1. The van der Waals surface area contributed by atoms with Gasteiger partial charge in [-0.25, -0.2) is 4.79 Å². The van der Waals surface area contributed by atoms with Gasteiger partial charge in [0, 0.05) is 6.54 Å². The van der Waals surface area contributed by atoms with Crippen LogP contribution >= 0.6 is 11.8 Å². The zero-order chi connectivity index (χ0) is 9.40. The Morgan fingerprint density at radius 1 is 1.58 bits per heavy atom. The van der Waals surface area contributed by atoms with E-state index in [0.29, 0.717) is 18.3 Å². The smallest absolute Gasteiger partial charge is 0.413 e. The summed E-state index contributed by atoms with van der Waals surface area (Å²) < 4.78 is 4.68. The predicted octanol–water partition coefficient (Wildman–Crippen LogP) is 1.47. The minimum absolute atomic E-state index is 0.375. The van der Waals surface area contributed by atoms with Crippen LogP contribution in [-0.2, 0) is 4.74 Å². The number of nitrogens with one attached hydrogen (secondary N) is 1. The normalized spacial score (nSPS) is 11.1. The molecule has 0 atom stereocenters. The first kappa shape index (κ1) is 11.3. The van der Waals surface area contributed by atoms with E-state index in [0.717, 1.165) is 0 Å². The molecule has 0 saturated carbocycles. The lowest BCUT2D eigenvalue weighted by atomic mass is 10.8. The van der Waals surface area contributed by atoms with E-state index in [1.807, 2.05) is 13.2 Å². The molecule has 0 aliphatic carbocycles. The number of carbonyl (C=O) groups excluding carboxylic acids is 1. The lowest BCUT2D eigenvalue weighted by Gasteiger charge is -2.04. The van der Waals surface area contributed by atoms with Crippen molar-refractivity contribution in [2.24, 2.45) is 4.99 Å². The van der Waals surface area contributed by atoms with E-state index in [4.69, 9.17) is 0 Å². The molecule has 0 unspecified atom stereocenters. The highest BCUT2D eigenvalue weighted by atomic mass is 32.2. The Morgan fingerprint density at radius 3 is 2.67 bits per heavy atom. The number of thioether (sulfide) groups is 1. The standard InChI is InChI=1S/C7H14N2O2S/c1-4-8-6(12-3)9-7(10)11-5-2/h4-5H2,1-3H3,(H,8,9,10). The molecule has 0 saturated heterocycles. The van der Waals surface area contributed by atoms with Gasteiger partial charge >= 0.3 is 6.09 Å². The number of alkyl carbamates (subject to hydrolysis) is 1. The van der Waals surface area contributed by atoms with E-state index in [1.165, 1.54) is 11.8 Å². The molecule has 12 heavy (non-hydrogen) atoms. The number of rotatable bonds is 2. The predicted molar refractivity (Wildman–Crippen MR) is 51.6 cm³/mol. The van der Waals surface area contributed by atoms with Crippen molar-refractivity contribution in [3.8, 4) is 0 Å². The molecule has 0 radical (unpaired) electrons. The van der Waals surface area contributed by atoms with Gasteiger partial charge in [-0.3, -0.25) is 10.3 Å². The summed E-state index contributed by atoms with van der Waals surface area (Å²) in [6.07, 6.45) is 1.40. The van der Waals surface area contributed by atoms with E-state index < -0.39 is 6.09 Å². The van der Waals surface area contributed by atoms with Gasteiger partial charge in [0.1, 0.15) is 0 Å². The second-order valence-electron chi connectivity index (χ2n) is 1.83. The average Bonchev–Trinajstić information content (AvgIpc) is 2.04. The summed E-state index contributed by atoms with van der Waals surface area (Å²) in [7, 11) is 0. The van der Waals surface area contributed by atoms with Gasteiger partial charge in [-0.1, -0.05) is 11.8 Å². The van der Waals surface area contributed by atoms with E-state index in [1.54, 1.807) is 6.92 Å². The second kappa shape index (κ2) is 6.97. The summed E-state index contributed by atoms with van der Waals surface area (Å²) in [6.45, 7) is 4.69. The Hall–Kier alpha value is -0.710. The highest BCUT2D eigenvalue weighted by molar-refractivity contribution is 8.13. The van der Waals surface area contributed by atoms with E-state index >= 15 is 0 Å². The van der Waals surface area contributed by atoms with Crippen LogP contribution < -0.4 is 5.32 Å². The molecule has 0 aromatic rings. The third-order valence-corrected chi connectivity index (χ3v) is 1.60. The quantitative estimate of drug-likeness (QED) is 0.530. The van der Waals surface area contributed by atoms with Crippen molar-refractivity contribution in [1.29, 1.82) is 0 Å². The SMILES string of the molecule is CCN=C(NC(=O)OCC)SC. The number of nitrogens with zero attached hydrogens (tertiary/aromatic N) is 1. The molecular weight excluding hydrogens is 176 g/mol. The van der Waals surface area contributed by atoms with Gasteiger partial charge in [0.25, 0.3) is 0 Å². The fourth-order valence-corrected chi connectivity index (χ4v) is 0.997. The summed E-state index contributed by atoms with van der Waals surface area (Å²) >= 11 is 1.39. The molecule has 0 spiro atoms. The van der Waals surface area contributed by atoms with E-state index in [9.17, 15) is 4.79 Å². The molecule has 0 aliphatic rings. The third kappa shape index (κ3) is 5.01. The van der Waals surface area contributed by atoms with Gasteiger partial charge in [-0.2, -0.15) is 0 Å². The number of aliphatic imine (C=N–C) groups is 1. The Morgan fingerprint density at radius 2 is 2.25 bits per heavy atom. The minimum Gasteiger partial charge on any atom is -0.450 e. The van der Waals surface area contributed by atoms with Crippen LogP contribution in [0.25, 0.3) is 0 Å². The lowest BCUT2D eigenvalue weighted by Crippen LogP contribution is -2.29. The van der Waals surface area contributed by atoms with Crippen molar-refractivity contribution >= 4 is 23.0 Å². The van der Waals surface area contributed by atoms with Crippen LogP contribution in [0.2, 0.25) is 0 Å². The number of amidine groups is 1. The molecule has 70 valence electrons. The van der Waals surface area contributed by atoms with Gasteiger partial charge in [-0.15, -0.1) is 0 Å². The summed E-state index contributed by atoms with van der Waals surface area (Å²) in [5.74, 6) is 0. The average molecular weight is 190 g/mol. The van der Waals surface area contributed by atoms with Crippen molar-refractivity contribution in [3.05, 3.63) is 0 Å². The van der Waals surface area contributed by atoms with Gasteiger partial charge in [-0.05, 0) is 20.1 Å². The number of ether oxygens (including phenoxy) is 1. The first-order chi connectivity index (χ1) is 5.74. The zero-order valence-electron chi connectivity index (χ0n) is 7.59. The molecule has 0 bridgehead atoms. The van der Waals surface area contributed by atoms with Crippen LogP contribution in [0.4, 0.5) is 4.79 Å². The first-order valence-electron chi connectivity index (χ1n) is 3.76. The monoisotopic (exact) mass is 190 g/mol. The van der Waals surface area contributed by atoms with Crippen LogP contribution in [0, 0.1) is 0 Å². The molecule has 0 aromatic carbocycles. The van der Waals surface area contributed by atoms with Crippen LogP contribution in [0.15, 0.2) is 4.99 Å². The van der Waals surface area contributed by atoms with Crippen LogP contribution in [-0.4, -0.2) is 30.7 Å². The molecule has 0 fully saturated rings. The molecule has 0 aromatic heterocycles. The molecular formula is C7H14N2O2S. The van der Waals surface area contributed by atoms with E-state index in [-0.39, 0.29) is 0 Å². The van der Waals surface area contributed by atoms with Gasteiger partial charge in [0.05, 0.1) is 6.61 Å². The Bertz CT molecular complexity index is 171. The largest absolute Gasteiger partial charge is 0.450 e. The maximum absolute atomic E-state index is 10.9. The summed E-state index contributed by atoms with van der Waals surface area (Å²) in [5, 5.41) is 3.11. The van der Waals surface area contributed by atoms with Crippen molar-refractivity contribution in [3.63, 3.8) is 0 Å². The van der Waals surface area contributed by atoms with Crippen molar-refractivity contribution < 1.29 is 9.53 Å². The zero-order valence-corrected chi connectivity index (χ0v) is 8.40. The minimum atomic E-state index is -0.445. The fraction of sp³-hybridized carbons (Fsp3) is 0.714. The molecule has 5 heteroatoms. The molecule has 1 amide bonds. The summed E-state index contributed by atoms with van der Waals surface area (Å²) in [6, 6.07) is 0.